The number of rotatable bonds is 4. The van der Waals surface area contributed by atoms with Crippen LogP contribution in [0.25, 0.3) is 0 Å². The van der Waals surface area contributed by atoms with Gasteiger partial charge >= 0.3 is 0 Å². The molecule has 3 heterocycles. The summed E-state index contributed by atoms with van der Waals surface area (Å²) in [6, 6.07) is 9.35. The van der Waals surface area contributed by atoms with E-state index in [1.807, 2.05) is 24.1 Å². The van der Waals surface area contributed by atoms with E-state index >= 15 is 0 Å². The fourth-order valence-corrected chi connectivity index (χ4v) is 5.22. The largest absolute Gasteiger partial charge is 0.361 e. The van der Waals surface area contributed by atoms with Gasteiger partial charge in [-0.05, 0) is 31.4 Å². The molecule has 1 saturated carbocycles. The van der Waals surface area contributed by atoms with E-state index in [9.17, 15) is 8.42 Å². The maximum Gasteiger partial charge on any atom is 0.285 e. The summed E-state index contributed by atoms with van der Waals surface area (Å²) in [6.45, 7) is 2.56. The molecule has 27 heavy (non-hydrogen) atoms. The molecule has 1 aliphatic carbocycles. The molecule has 0 radical (unpaired) electrons. The second kappa shape index (κ2) is 6.17. The van der Waals surface area contributed by atoms with E-state index in [-0.39, 0.29) is 6.04 Å². The van der Waals surface area contributed by atoms with Crippen molar-refractivity contribution in [2.24, 2.45) is 4.40 Å². The third-order valence-corrected chi connectivity index (χ3v) is 7.01. The number of sulfonamides is 1. The number of fused-ring (bicyclic) bond motifs is 1. The molecule has 0 bridgehead atoms. The summed E-state index contributed by atoms with van der Waals surface area (Å²) in [5, 5.41) is 4.20. The lowest BCUT2D eigenvalue weighted by atomic mass is 10.1. The quantitative estimate of drug-likeness (QED) is 0.802. The Labute approximate surface area is 158 Å². The fourth-order valence-electron chi connectivity index (χ4n) is 3.98. The van der Waals surface area contributed by atoms with Crippen molar-refractivity contribution < 1.29 is 12.9 Å². The Hall–Kier alpha value is -2.19. The standard InChI is InChI=1S/C19H22N4O3S/c1-22(19-16-4-2-3-5-18(16)27(24,25)21-19)15-8-9-23(12-15)11-14-10-17(26-20-14)13-6-7-13/h2-5,10,13,15H,6-9,11-12H2,1H3. The second-order valence-electron chi connectivity index (χ2n) is 7.67. The van der Waals surface area contributed by atoms with Crippen LogP contribution in [0.4, 0.5) is 0 Å². The van der Waals surface area contributed by atoms with Crippen molar-refractivity contribution in [3.63, 3.8) is 0 Å². The molecule has 0 amide bonds. The third-order valence-electron chi connectivity index (χ3n) is 5.68. The molecule has 3 aliphatic rings. The summed E-state index contributed by atoms with van der Waals surface area (Å²) >= 11 is 0. The number of nitrogens with zero attached hydrogens (tertiary/aromatic N) is 4. The molecule has 1 aromatic heterocycles. The van der Waals surface area contributed by atoms with Gasteiger partial charge in [0.2, 0.25) is 0 Å². The summed E-state index contributed by atoms with van der Waals surface area (Å²) in [6.07, 6.45) is 3.38. The van der Waals surface area contributed by atoms with Crippen LogP contribution in [0.15, 0.2) is 44.1 Å². The molecule has 7 nitrogen and oxygen atoms in total. The highest BCUT2D eigenvalue weighted by atomic mass is 32.2. The van der Waals surface area contributed by atoms with Crippen LogP contribution >= 0.6 is 0 Å². The maximum atomic E-state index is 12.3. The van der Waals surface area contributed by atoms with E-state index in [4.69, 9.17) is 4.52 Å². The van der Waals surface area contributed by atoms with Gasteiger partial charge < -0.3 is 9.42 Å². The Kier molecular flexibility index (Phi) is 3.87. The number of hydrogen-bond acceptors (Lipinski definition) is 6. The van der Waals surface area contributed by atoms with E-state index in [2.05, 4.69) is 20.5 Å². The second-order valence-corrected chi connectivity index (χ2v) is 9.24. The van der Waals surface area contributed by atoms with Crippen LogP contribution in [-0.2, 0) is 16.6 Å². The van der Waals surface area contributed by atoms with Crippen LogP contribution in [0.5, 0.6) is 0 Å². The van der Waals surface area contributed by atoms with Crippen molar-refractivity contribution in [1.82, 2.24) is 15.0 Å². The highest BCUT2D eigenvalue weighted by Gasteiger charge is 2.35. The minimum atomic E-state index is -3.58. The molecule has 1 aromatic carbocycles. The Morgan fingerprint density at radius 2 is 2.07 bits per heavy atom. The van der Waals surface area contributed by atoms with Crippen LogP contribution in [0.1, 0.15) is 42.2 Å². The molecular formula is C19H22N4O3S. The molecule has 1 saturated heterocycles. The SMILES string of the molecule is CN(C1=NS(=O)(=O)c2ccccc21)C1CCN(Cc2cc(C3CC3)on2)C1. The van der Waals surface area contributed by atoms with Gasteiger partial charge in [-0.3, -0.25) is 4.90 Å². The predicted molar refractivity (Wildman–Crippen MR) is 100 cm³/mol. The topological polar surface area (TPSA) is 79.0 Å². The lowest BCUT2D eigenvalue weighted by Gasteiger charge is -2.26. The van der Waals surface area contributed by atoms with Crippen LogP contribution < -0.4 is 0 Å². The summed E-state index contributed by atoms with van der Waals surface area (Å²) in [5.74, 6) is 2.14. The monoisotopic (exact) mass is 386 g/mol. The molecule has 0 spiro atoms. The van der Waals surface area contributed by atoms with Crippen molar-refractivity contribution in [1.29, 1.82) is 0 Å². The average Bonchev–Trinajstić information content (AvgIpc) is 3.11. The number of benzene rings is 1. The fraction of sp³-hybridized carbons (Fsp3) is 0.474. The molecule has 2 aromatic rings. The molecule has 1 atom stereocenters. The smallest absolute Gasteiger partial charge is 0.285 e. The minimum Gasteiger partial charge on any atom is -0.361 e. The number of likely N-dealkylation sites (N-methyl/N-ethyl adjacent to an activating group) is 1. The van der Waals surface area contributed by atoms with Crippen molar-refractivity contribution in [2.75, 3.05) is 20.1 Å². The number of likely N-dealkylation sites (tertiary alicyclic amines) is 1. The highest BCUT2D eigenvalue weighted by Crippen LogP contribution is 2.40. The van der Waals surface area contributed by atoms with Gasteiger partial charge in [-0.25, -0.2) is 0 Å². The average molecular weight is 386 g/mol. The number of amidine groups is 1. The van der Waals surface area contributed by atoms with E-state index in [0.29, 0.717) is 22.2 Å². The Bertz CT molecular complexity index is 1010. The summed E-state index contributed by atoms with van der Waals surface area (Å²) in [5.41, 5.74) is 1.68. The van der Waals surface area contributed by atoms with Gasteiger partial charge in [0.15, 0.2) is 5.84 Å². The molecule has 1 unspecified atom stereocenters. The van der Waals surface area contributed by atoms with Gasteiger partial charge in [-0.2, -0.15) is 8.42 Å². The lowest BCUT2D eigenvalue weighted by molar-refractivity contribution is 0.284. The Morgan fingerprint density at radius 3 is 2.89 bits per heavy atom. The summed E-state index contributed by atoms with van der Waals surface area (Å²) < 4.78 is 34.1. The molecule has 0 N–H and O–H groups in total. The van der Waals surface area contributed by atoms with E-state index in [0.717, 1.165) is 37.5 Å². The zero-order valence-electron chi connectivity index (χ0n) is 15.2. The van der Waals surface area contributed by atoms with Crippen LogP contribution in [-0.4, -0.2) is 55.4 Å². The molecule has 2 fully saturated rings. The van der Waals surface area contributed by atoms with Gasteiger partial charge in [-0.15, -0.1) is 4.40 Å². The minimum absolute atomic E-state index is 0.222. The Balaban J connectivity index is 1.28. The van der Waals surface area contributed by atoms with Crippen molar-refractivity contribution in [2.45, 2.75) is 42.7 Å². The normalized spacial score (nSPS) is 24.0. The van der Waals surface area contributed by atoms with Crippen LogP contribution in [0.2, 0.25) is 0 Å². The highest BCUT2D eigenvalue weighted by molar-refractivity contribution is 7.90. The maximum absolute atomic E-state index is 12.3. The summed E-state index contributed by atoms with van der Waals surface area (Å²) in [7, 11) is -1.64. The van der Waals surface area contributed by atoms with E-state index in [1.165, 1.54) is 12.8 Å². The molecule has 2 aliphatic heterocycles. The van der Waals surface area contributed by atoms with E-state index < -0.39 is 10.0 Å². The molecule has 5 rings (SSSR count). The van der Waals surface area contributed by atoms with Gasteiger partial charge in [0.05, 0.1) is 5.69 Å². The molecule has 142 valence electrons. The molecule has 8 heteroatoms. The van der Waals surface area contributed by atoms with Crippen molar-refractivity contribution in [3.05, 3.63) is 47.3 Å². The first kappa shape index (κ1) is 16.9. The first-order chi connectivity index (χ1) is 13.0. The summed E-state index contributed by atoms with van der Waals surface area (Å²) in [4.78, 5) is 4.66. The van der Waals surface area contributed by atoms with Gasteiger partial charge in [0.25, 0.3) is 10.0 Å². The van der Waals surface area contributed by atoms with Crippen molar-refractivity contribution >= 4 is 15.9 Å². The third kappa shape index (κ3) is 3.06. The van der Waals surface area contributed by atoms with Gasteiger partial charge in [0, 0.05) is 50.3 Å². The van der Waals surface area contributed by atoms with E-state index in [1.54, 1.807) is 12.1 Å². The van der Waals surface area contributed by atoms with Crippen LogP contribution in [0, 0.1) is 0 Å². The lowest BCUT2D eigenvalue weighted by Crippen LogP contribution is -2.38. The van der Waals surface area contributed by atoms with Gasteiger partial charge in [-0.1, -0.05) is 17.3 Å². The zero-order chi connectivity index (χ0) is 18.6. The number of aromatic nitrogens is 1. The van der Waals surface area contributed by atoms with Crippen LogP contribution in [0.3, 0.4) is 0 Å². The molecular weight excluding hydrogens is 364 g/mol. The van der Waals surface area contributed by atoms with Crippen molar-refractivity contribution in [3.8, 4) is 0 Å². The zero-order valence-corrected chi connectivity index (χ0v) is 16.0. The number of hydrogen-bond donors (Lipinski definition) is 0. The van der Waals surface area contributed by atoms with Gasteiger partial charge in [0.1, 0.15) is 10.7 Å². The Morgan fingerprint density at radius 1 is 1.26 bits per heavy atom. The first-order valence-electron chi connectivity index (χ1n) is 9.36. The predicted octanol–water partition coefficient (Wildman–Crippen LogP) is 2.21. The first-order valence-corrected chi connectivity index (χ1v) is 10.8.